The Morgan fingerprint density at radius 2 is 0.774 bits per heavy atom. The smallest absolute Gasteiger partial charge is 0.123 e. The molecule has 0 saturated carbocycles. The Balaban J connectivity index is 1.18. The van der Waals surface area contributed by atoms with Crippen LogP contribution in [0.25, 0.3) is 50.3 Å². The molecule has 0 unspecified atom stereocenters. The molecule has 3 heteroatoms. The second-order valence-corrected chi connectivity index (χ2v) is 15.8. The minimum atomic E-state index is -0.642. The fourth-order valence-electron chi connectivity index (χ4n) is 9.71. The third-order valence-electron chi connectivity index (χ3n) is 12.3. The van der Waals surface area contributed by atoms with Gasteiger partial charge in [0.05, 0.1) is 16.8 Å². The van der Waals surface area contributed by atoms with Crippen molar-refractivity contribution in [2.24, 2.45) is 0 Å². The molecule has 1 heterocycles. The number of anilines is 3. The molecule has 0 aliphatic heterocycles. The van der Waals surface area contributed by atoms with Gasteiger partial charge in [0, 0.05) is 33.9 Å². The van der Waals surface area contributed by atoms with E-state index >= 15 is 0 Å². The molecule has 1 aliphatic rings. The van der Waals surface area contributed by atoms with Gasteiger partial charge in [-0.1, -0.05) is 188 Å². The lowest BCUT2D eigenvalue weighted by Crippen LogP contribution is -2.31. The Morgan fingerprint density at radius 3 is 1.32 bits per heavy atom. The van der Waals surface area contributed by atoms with Crippen LogP contribution >= 0.6 is 0 Å². The Bertz CT molecular complexity index is 3080. The number of nitrogens with zero attached hydrogens (tertiary/aromatic N) is 2. The molecule has 0 amide bonds. The minimum Gasteiger partial charge on any atom is -0.311 e. The minimum absolute atomic E-state index is 0.268. The van der Waals surface area contributed by atoms with E-state index in [1.165, 1.54) is 51.2 Å². The molecule has 0 radical (unpaired) electrons. The van der Waals surface area contributed by atoms with Crippen molar-refractivity contribution in [3.8, 4) is 50.3 Å². The highest BCUT2D eigenvalue weighted by molar-refractivity contribution is 6.03. The van der Waals surface area contributed by atoms with Gasteiger partial charge in [0.25, 0.3) is 0 Å². The molecule has 1 aromatic heterocycles. The molecule has 0 fully saturated rings. The fourth-order valence-corrected chi connectivity index (χ4v) is 9.71. The number of benzene rings is 9. The van der Waals surface area contributed by atoms with Crippen LogP contribution in [0.5, 0.6) is 0 Å². The molecule has 62 heavy (non-hydrogen) atoms. The van der Waals surface area contributed by atoms with Crippen LogP contribution in [-0.2, 0) is 5.41 Å². The molecule has 0 atom stereocenters. The lowest BCUT2D eigenvalue weighted by atomic mass is 9.69. The first-order valence-corrected chi connectivity index (χ1v) is 21.1. The van der Waals surface area contributed by atoms with Gasteiger partial charge in [-0.3, -0.25) is 0 Å². The van der Waals surface area contributed by atoms with Crippen molar-refractivity contribution in [2.75, 3.05) is 4.90 Å². The van der Waals surface area contributed by atoms with Gasteiger partial charge in [-0.05, 0) is 105 Å². The summed E-state index contributed by atoms with van der Waals surface area (Å²) in [4.78, 5) is 2.20. The van der Waals surface area contributed by atoms with Crippen molar-refractivity contribution >= 4 is 17.1 Å². The number of aromatic nitrogens is 1. The van der Waals surface area contributed by atoms with Crippen molar-refractivity contribution in [1.29, 1.82) is 0 Å². The van der Waals surface area contributed by atoms with Gasteiger partial charge in [0.1, 0.15) is 5.82 Å². The van der Waals surface area contributed by atoms with E-state index in [4.69, 9.17) is 0 Å². The van der Waals surface area contributed by atoms with Gasteiger partial charge < -0.3 is 9.47 Å². The highest BCUT2D eigenvalue weighted by Crippen LogP contribution is 2.62. The zero-order chi connectivity index (χ0) is 41.5. The van der Waals surface area contributed by atoms with E-state index in [1.54, 1.807) is 0 Å². The van der Waals surface area contributed by atoms with Gasteiger partial charge >= 0.3 is 0 Å². The molecule has 1 aliphatic carbocycles. The summed E-state index contributed by atoms with van der Waals surface area (Å²) in [6, 6.07) is 87.3. The molecule has 10 aromatic rings. The number of fused-ring (bicyclic) bond motifs is 3. The normalized spacial score (nSPS) is 12.4. The molecular formula is C59H41FN2. The Morgan fingerprint density at radius 1 is 0.355 bits per heavy atom. The third kappa shape index (κ3) is 6.09. The largest absolute Gasteiger partial charge is 0.311 e. The Kier molecular flexibility index (Phi) is 9.28. The van der Waals surface area contributed by atoms with Gasteiger partial charge in [-0.25, -0.2) is 4.39 Å². The predicted octanol–water partition coefficient (Wildman–Crippen LogP) is 15.5. The highest BCUT2D eigenvalue weighted by atomic mass is 19.1. The monoisotopic (exact) mass is 796 g/mol. The first kappa shape index (κ1) is 37.0. The number of para-hydroxylation sites is 1. The summed E-state index contributed by atoms with van der Waals surface area (Å²) in [5, 5.41) is 0. The summed E-state index contributed by atoms with van der Waals surface area (Å²) in [5.74, 6) is -0.268. The van der Waals surface area contributed by atoms with Crippen LogP contribution in [0.15, 0.2) is 249 Å². The second kappa shape index (κ2) is 15.5. The SMILES string of the molecule is Fc1ccc(N(c2ccc(-c3ccccc3)cc2)c2ccc(-c3c4c(n(-c5ccccc5)c3-c3ccccc3)C(c3ccccc3)(c3ccccc3)c3ccccc3-4)cc2)cc1. The van der Waals surface area contributed by atoms with Gasteiger partial charge in [0.15, 0.2) is 0 Å². The third-order valence-corrected chi connectivity index (χ3v) is 12.3. The van der Waals surface area contributed by atoms with Crippen LogP contribution in [0.4, 0.5) is 21.5 Å². The van der Waals surface area contributed by atoms with Gasteiger partial charge in [-0.15, -0.1) is 0 Å². The summed E-state index contributed by atoms with van der Waals surface area (Å²) < 4.78 is 16.9. The lowest BCUT2D eigenvalue weighted by molar-refractivity contribution is 0.628. The van der Waals surface area contributed by atoms with E-state index in [-0.39, 0.29) is 5.82 Å². The molecule has 0 bridgehead atoms. The number of hydrogen-bond donors (Lipinski definition) is 0. The van der Waals surface area contributed by atoms with Crippen LogP contribution in [-0.4, -0.2) is 4.57 Å². The maximum atomic E-state index is 14.4. The van der Waals surface area contributed by atoms with Crippen LogP contribution in [0.1, 0.15) is 22.4 Å². The number of hydrogen-bond acceptors (Lipinski definition) is 1. The number of rotatable bonds is 9. The van der Waals surface area contributed by atoms with Crippen LogP contribution in [0.2, 0.25) is 0 Å². The van der Waals surface area contributed by atoms with E-state index in [2.05, 4.69) is 228 Å². The fraction of sp³-hybridized carbons (Fsp3) is 0.0169. The molecule has 294 valence electrons. The van der Waals surface area contributed by atoms with Crippen LogP contribution < -0.4 is 4.90 Å². The van der Waals surface area contributed by atoms with Crippen molar-refractivity contribution in [1.82, 2.24) is 4.57 Å². The molecule has 0 spiro atoms. The van der Waals surface area contributed by atoms with Gasteiger partial charge in [-0.2, -0.15) is 0 Å². The number of halogens is 1. The molecule has 9 aromatic carbocycles. The zero-order valence-electron chi connectivity index (χ0n) is 33.9. The van der Waals surface area contributed by atoms with Crippen LogP contribution in [0, 0.1) is 5.82 Å². The maximum Gasteiger partial charge on any atom is 0.123 e. The molecule has 11 rings (SSSR count). The Hall–Kier alpha value is -8.01. The van der Waals surface area contributed by atoms with E-state index in [0.717, 1.165) is 50.7 Å². The molecule has 2 nitrogen and oxygen atoms in total. The zero-order valence-corrected chi connectivity index (χ0v) is 33.9. The molecule has 0 saturated heterocycles. The standard InChI is InChI=1S/C59H41FN2/c60-48-34-40-52(41-35-48)61(50-36-30-43(31-37-50)42-18-6-1-7-19-42)51-38-32-44(33-39-51)55-56-53-28-16-17-29-54(53)59(46-22-10-3-11-23-46,47-24-12-4-13-25-47)58(56)62(49-26-14-5-15-27-49)57(55)45-20-8-2-9-21-45/h1-41H. The van der Waals surface area contributed by atoms with E-state index in [9.17, 15) is 4.39 Å². The predicted molar refractivity (Wildman–Crippen MR) is 254 cm³/mol. The highest BCUT2D eigenvalue weighted by Gasteiger charge is 2.51. The quantitative estimate of drug-likeness (QED) is 0.141. The van der Waals surface area contributed by atoms with Crippen molar-refractivity contribution in [3.63, 3.8) is 0 Å². The second-order valence-electron chi connectivity index (χ2n) is 15.8. The average molecular weight is 797 g/mol. The first-order chi connectivity index (χ1) is 30.7. The summed E-state index contributed by atoms with van der Waals surface area (Å²) in [6.07, 6.45) is 0. The maximum absolute atomic E-state index is 14.4. The summed E-state index contributed by atoms with van der Waals surface area (Å²) >= 11 is 0. The van der Waals surface area contributed by atoms with Crippen molar-refractivity contribution in [3.05, 3.63) is 277 Å². The summed E-state index contributed by atoms with van der Waals surface area (Å²) in [6.45, 7) is 0. The van der Waals surface area contributed by atoms with Crippen molar-refractivity contribution < 1.29 is 4.39 Å². The van der Waals surface area contributed by atoms with E-state index < -0.39 is 5.41 Å². The Labute approximate surface area is 362 Å². The molecule has 0 N–H and O–H groups in total. The molecular weight excluding hydrogens is 756 g/mol. The van der Waals surface area contributed by atoms with Gasteiger partial charge in [0.2, 0.25) is 0 Å². The summed E-state index contributed by atoms with van der Waals surface area (Å²) in [5.41, 5.74) is 17.4. The van der Waals surface area contributed by atoms with Crippen molar-refractivity contribution in [2.45, 2.75) is 5.41 Å². The van der Waals surface area contributed by atoms with E-state index in [0.29, 0.717) is 0 Å². The summed E-state index contributed by atoms with van der Waals surface area (Å²) in [7, 11) is 0. The topological polar surface area (TPSA) is 8.17 Å². The average Bonchev–Trinajstić information content (AvgIpc) is 3.86. The lowest BCUT2D eigenvalue weighted by Gasteiger charge is -2.35. The van der Waals surface area contributed by atoms with E-state index in [1.807, 2.05) is 18.2 Å². The van der Waals surface area contributed by atoms with Crippen LogP contribution in [0.3, 0.4) is 0 Å². The first-order valence-electron chi connectivity index (χ1n) is 21.1.